The minimum Gasteiger partial charge on any atom is -0.415 e. The van der Waals surface area contributed by atoms with E-state index in [0.29, 0.717) is 17.2 Å². The maximum absolute atomic E-state index is 12.2. The van der Waals surface area contributed by atoms with Crippen molar-refractivity contribution in [3.05, 3.63) is 5.89 Å². The second-order valence-corrected chi connectivity index (χ2v) is 7.49. The largest absolute Gasteiger partial charge is 0.415 e. The van der Waals surface area contributed by atoms with E-state index in [2.05, 4.69) is 20.4 Å². The Morgan fingerprint density at radius 2 is 2.05 bits per heavy atom. The number of hydrogen-bond donors (Lipinski definition) is 1. The predicted molar refractivity (Wildman–Crippen MR) is 84.5 cm³/mol. The molecule has 1 saturated heterocycles. The van der Waals surface area contributed by atoms with Gasteiger partial charge in [-0.2, -0.15) is 0 Å². The van der Waals surface area contributed by atoms with Crippen molar-refractivity contribution in [2.45, 2.75) is 68.5 Å². The molecule has 6 nitrogen and oxygen atoms in total. The van der Waals surface area contributed by atoms with E-state index in [1.54, 1.807) is 0 Å². The van der Waals surface area contributed by atoms with E-state index in [9.17, 15) is 4.79 Å². The summed E-state index contributed by atoms with van der Waals surface area (Å²) in [6, 6.07) is 0.351. The van der Waals surface area contributed by atoms with Crippen LogP contribution in [0.1, 0.15) is 51.3 Å². The summed E-state index contributed by atoms with van der Waals surface area (Å²) in [5, 5.41) is 11.5. The lowest BCUT2D eigenvalue weighted by Crippen LogP contribution is -2.37. The van der Waals surface area contributed by atoms with Crippen molar-refractivity contribution in [3.63, 3.8) is 0 Å². The Hall–Kier alpha value is -1.08. The van der Waals surface area contributed by atoms with Crippen LogP contribution in [0.4, 0.5) is 0 Å². The summed E-state index contributed by atoms with van der Waals surface area (Å²) in [6.07, 6.45) is 7.13. The summed E-state index contributed by atoms with van der Waals surface area (Å²) < 4.78 is 5.66. The van der Waals surface area contributed by atoms with Crippen LogP contribution in [0.15, 0.2) is 9.64 Å². The minimum absolute atomic E-state index is 0.0659. The first-order valence-electron chi connectivity index (χ1n) is 8.22. The van der Waals surface area contributed by atoms with E-state index >= 15 is 0 Å². The van der Waals surface area contributed by atoms with Crippen molar-refractivity contribution < 1.29 is 9.21 Å². The van der Waals surface area contributed by atoms with Crippen molar-refractivity contribution in [1.82, 2.24) is 20.4 Å². The van der Waals surface area contributed by atoms with Gasteiger partial charge in [-0.3, -0.25) is 9.69 Å². The van der Waals surface area contributed by atoms with E-state index < -0.39 is 0 Å². The van der Waals surface area contributed by atoms with Gasteiger partial charge >= 0.3 is 0 Å². The SMILES string of the molecule is C[C@@H](Sc1nnc(CN2CCCC2)o1)C(=O)NC1CCCC1. The van der Waals surface area contributed by atoms with Crippen molar-refractivity contribution in [2.75, 3.05) is 13.1 Å². The van der Waals surface area contributed by atoms with Gasteiger partial charge in [-0.15, -0.1) is 10.2 Å². The highest BCUT2D eigenvalue weighted by Crippen LogP contribution is 2.24. The number of nitrogens with zero attached hydrogens (tertiary/aromatic N) is 3. The third-order valence-electron chi connectivity index (χ3n) is 4.35. The summed E-state index contributed by atoms with van der Waals surface area (Å²) in [4.78, 5) is 14.5. The minimum atomic E-state index is -0.208. The Bertz CT molecular complexity index is 495. The van der Waals surface area contributed by atoms with Crippen molar-refractivity contribution in [1.29, 1.82) is 0 Å². The van der Waals surface area contributed by atoms with Crippen LogP contribution in [0.25, 0.3) is 0 Å². The lowest BCUT2D eigenvalue weighted by molar-refractivity contribution is -0.120. The summed E-state index contributed by atoms with van der Waals surface area (Å²) in [7, 11) is 0. The molecule has 22 heavy (non-hydrogen) atoms. The smallest absolute Gasteiger partial charge is 0.277 e. The molecule has 7 heteroatoms. The van der Waals surface area contributed by atoms with Gasteiger partial charge in [-0.05, 0) is 45.7 Å². The quantitative estimate of drug-likeness (QED) is 0.809. The van der Waals surface area contributed by atoms with Crippen molar-refractivity contribution in [2.24, 2.45) is 0 Å². The van der Waals surface area contributed by atoms with Crippen LogP contribution in [0.3, 0.4) is 0 Å². The first kappa shape index (κ1) is 15.8. The first-order valence-corrected chi connectivity index (χ1v) is 9.10. The van der Waals surface area contributed by atoms with Gasteiger partial charge in [0.25, 0.3) is 5.22 Å². The average Bonchev–Trinajstić information content (AvgIpc) is 3.22. The number of amides is 1. The Labute approximate surface area is 135 Å². The van der Waals surface area contributed by atoms with Gasteiger partial charge in [0.2, 0.25) is 11.8 Å². The lowest BCUT2D eigenvalue weighted by Gasteiger charge is -2.15. The highest BCUT2D eigenvalue weighted by molar-refractivity contribution is 8.00. The first-order chi connectivity index (χ1) is 10.7. The molecule has 0 unspecified atom stereocenters. The Morgan fingerprint density at radius 1 is 1.32 bits per heavy atom. The molecular formula is C15H24N4O2S. The number of aromatic nitrogens is 2. The molecule has 0 aromatic carbocycles. The molecule has 1 saturated carbocycles. The van der Waals surface area contributed by atoms with Crippen molar-refractivity contribution >= 4 is 17.7 Å². The van der Waals surface area contributed by atoms with Gasteiger partial charge in [0.15, 0.2) is 0 Å². The van der Waals surface area contributed by atoms with Crippen LogP contribution in [0.2, 0.25) is 0 Å². The molecule has 0 bridgehead atoms. The van der Waals surface area contributed by atoms with Gasteiger partial charge in [0.1, 0.15) is 0 Å². The number of carbonyl (C=O) groups excluding carboxylic acids is 1. The van der Waals surface area contributed by atoms with E-state index in [0.717, 1.165) is 32.5 Å². The highest BCUT2D eigenvalue weighted by Gasteiger charge is 2.23. The molecule has 2 aliphatic rings. The summed E-state index contributed by atoms with van der Waals surface area (Å²) in [6.45, 7) is 4.81. The highest BCUT2D eigenvalue weighted by atomic mass is 32.2. The lowest BCUT2D eigenvalue weighted by atomic mass is 10.2. The van der Waals surface area contributed by atoms with Gasteiger partial charge in [0.05, 0.1) is 11.8 Å². The van der Waals surface area contributed by atoms with Crippen molar-refractivity contribution in [3.8, 4) is 0 Å². The molecule has 1 amide bonds. The van der Waals surface area contributed by atoms with Crippen LogP contribution < -0.4 is 5.32 Å². The molecule has 1 aromatic rings. The van der Waals surface area contributed by atoms with E-state index in [1.165, 1.54) is 37.4 Å². The fraction of sp³-hybridized carbons (Fsp3) is 0.800. The van der Waals surface area contributed by atoms with Gasteiger partial charge in [-0.1, -0.05) is 24.6 Å². The molecule has 2 heterocycles. The van der Waals surface area contributed by atoms with Gasteiger partial charge < -0.3 is 9.73 Å². The number of rotatable bonds is 6. The fourth-order valence-electron chi connectivity index (χ4n) is 3.08. The molecule has 1 N–H and O–H groups in total. The number of hydrogen-bond acceptors (Lipinski definition) is 6. The predicted octanol–water partition coefficient (Wildman–Crippen LogP) is 2.20. The van der Waals surface area contributed by atoms with E-state index in [1.807, 2.05) is 6.92 Å². The topological polar surface area (TPSA) is 71.3 Å². The second kappa shape index (κ2) is 7.46. The van der Waals surface area contributed by atoms with Crippen LogP contribution >= 0.6 is 11.8 Å². The normalized spacial score (nSPS) is 21.3. The molecule has 0 spiro atoms. The Balaban J connectivity index is 1.47. The maximum Gasteiger partial charge on any atom is 0.277 e. The Kier molecular flexibility index (Phi) is 5.36. The third kappa shape index (κ3) is 4.23. The van der Waals surface area contributed by atoms with Crippen LogP contribution in [0, 0.1) is 0 Å². The number of thioether (sulfide) groups is 1. The standard InChI is InChI=1S/C15H24N4O2S/c1-11(14(20)16-12-6-2-3-7-12)22-15-18-17-13(21-15)10-19-8-4-5-9-19/h11-12H,2-10H2,1H3,(H,16,20)/t11-/m1/s1. The molecule has 1 aliphatic heterocycles. The molecule has 0 radical (unpaired) electrons. The molecule has 1 aliphatic carbocycles. The molecule has 1 aromatic heterocycles. The van der Waals surface area contributed by atoms with Crippen LogP contribution in [-0.4, -0.2) is 45.4 Å². The van der Waals surface area contributed by atoms with Gasteiger partial charge in [-0.25, -0.2) is 0 Å². The maximum atomic E-state index is 12.2. The number of carbonyl (C=O) groups is 1. The number of likely N-dealkylation sites (tertiary alicyclic amines) is 1. The van der Waals surface area contributed by atoms with Crippen LogP contribution in [-0.2, 0) is 11.3 Å². The molecule has 2 fully saturated rings. The molecule has 1 atom stereocenters. The molecule has 3 rings (SSSR count). The zero-order valence-electron chi connectivity index (χ0n) is 13.1. The summed E-state index contributed by atoms with van der Waals surface area (Å²) in [5.74, 6) is 0.712. The summed E-state index contributed by atoms with van der Waals surface area (Å²) in [5.41, 5.74) is 0. The monoisotopic (exact) mass is 324 g/mol. The molecular weight excluding hydrogens is 300 g/mol. The average molecular weight is 324 g/mol. The van der Waals surface area contributed by atoms with E-state index in [-0.39, 0.29) is 11.2 Å². The van der Waals surface area contributed by atoms with E-state index in [4.69, 9.17) is 4.42 Å². The Morgan fingerprint density at radius 3 is 2.77 bits per heavy atom. The number of nitrogens with one attached hydrogen (secondary N) is 1. The molecule has 122 valence electrons. The van der Waals surface area contributed by atoms with Crippen LogP contribution in [0.5, 0.6) is 0 Å². The summed E-state index contributed by atoms with van der Waals surface area (Å²) >= 11 is 1.34. The van der Waals surface area contributed by atoms with Gasteiger partial charge in [0, 0.05) is 6.04 Å². The zero-order valence-corrected chi connectivity index (χ0v) is 13.9. The second-order valence-electron chi connectivity index (χ2n) is 6.20. The third-order valence-corrected chi connectivity index (χ3v) is 5.29. The zero-order chi connectivity index (χ0) is 15.4. The fourth-order valence-corrected chi connectivity index (χ4v) is 3.78.